The molecule has 0 spiro atoms. The predicted molar refractivity (Wildman–Crippen MR) is 88.9 cm³/mol. The lowest BCUT2D eigenvalue weighted by Crippen LogP contribution is -2.47. The number of halogens is 1. The SMILES string of the molecule is O=CN1CCN([C@H](c2ccccc2)c2ccc(Cl)cc2)CC1. The van der Waals surface area contributed by atoms with Crippen LogP contribution in [0.2, 0.25) is 5.02 Å². The van der Waals surface area contributed by atoms with Crippen molar-refractivity contribution >= 4 is 18.0 Å². The van der Waals surface area contributed by atoms with Crippen molar-refractivity contribution in [2.45, 2.75) is 6.04 Å². The molecule has 22 heavy (non-hydrogen) atoms. The third kappa shape index (κ3) is 3.32. The van der Waals surface area contributed by atoms with E-state index in [0.29, 0.717) is 0 Å². The van der Waals surface area contributed by atoms with E-state index in [-0.39, 0.29) is 6.04 Å². The van der Waals surface area contributed by atoms with E-state index in [4.69, 9.17) is 11.6 Å². The monoisotopic (exact) mass is 314 g/mol. The molecule has 4 heteroatoms. The molecule has 0 aromatic heterocycles. The van der Waals surface area contributed by atoms with Crippen LogP contribution in [0.15, 0.2) is 54.6 Å². The fourth-order valence-corrected chi connectivity index (χ4v) is 3.12. The van der Waals surface area contributed by atoms with E-state index in [1.54, 1.807) is 0 Å². The first-order chi connectivity index (χ1) is 10.8. The summed E-state index contributed by atoms with van der Waals surface area (Å²) in [5, 5.41) is 0.751. The standard InChI is InChI=1S/C18H19ClN2O/c19-17-8-6-16(7-9-17)18(15-4-2-1-3-5-15)21-12-10-20(14-22)11-13-21/h1-9,14,18H,10-13H2/t18-/m1/s1. The summed E-state index contributed by atoms with van der Waals surface area (Å²) < 4.78 is 0. The summed E-state index contributed by atoms with van der Waals surface area (Å²) in [5.41, 5.74) is 2.50. The lowest BCUT2D eigenvalue weighted by atomic mass is 9.96. The van der Waals surface area contributed by atoms with Crippen LogP contribution in [0.4, 0.5) is 0 Å². The van der Waals surface area contributed by atoms with Gasteiger partial charge in [0.25, 0.3) is 0 Å². The zero-order chi connectivity index (χ0) is 15.4. The number of nitrogens with zero attached hydrogens (tertiary/aromatic N) is 2. The molecule has 0 unspecified atom stereocenters. The van der Waals surface area contributed by atoms with Gasteiger partial charge in [0.1, 0.15) is 0 Å². The minimum Gasteiger partial charge on any atom is -0.343 e. The maximum Gasteiger partial charge on any atom is 0.209 e. The molecule has 0 saturated carbocycles. The third-order valence-corrected chi connectivity index (χ3v) is 4.42. The molecule has 0 bridgehead atoms. The Morgan fingerprint density at radius 1 is 0.864 bits per heavy atom. The fraction of sp³-hybridized carbons (Fsp3) is 0.278. The van der Waals surface area contributed by atoms with E-state index < -0.39 is 0 Å². The molecule has 1 heterocycles. The first-order valence-electron chi connectivity index (χ1n) is 7.52. The highest BCUT2D eigenvalue weighted by atomic mass is 35.5. The number of rotatable bonds is 4. The van der Waals surface area contributed by atoms with Crippen molar-refractivity contribution in [3.05, 3.63) is 70.7 Å². The normalized spacial score (nSPS) is 17.2. The highest BCUT2D eigenvalue weighted by molar-refractivity contribution is 6.30. The lowest BCUT2D eigenvalue weighted by Gasteiger charge is -2.38. The highest BCUT2D eigenvalue weighted by Gasteiger charge is 2.25. The Balaban J connectivity index is 1.90. The minimum atomic E-state index is 0.201. The van der Waals surface area contributed by atoms with Gasteiger partial charge < -0.3 is 4.90 Å². The number of piperazine rings is 1. The quantitative estimate of drug-likeness (QED) is 0.809. The Bertz CT molecular complexity index is 607. The van der Waals surface area contributed by atoms with Gasteiger partial charge in [0, 0.05) is 31.2 Å². The van der Waals surface area contributed by atoms with Crippen LogP contribution in [0.1, 0.15) is 17.2 Å². The molecule has 0 aliphatic carbocycles. The van der Waals surface area contributed by atoms with Crippen LogP contribution in [-0.4, -0.2) is 42.4 Å². The topological polar surface area (TPSA) is 23.6 Å². The van der Waals surface area contributed by atoms with Gasteiger partial charge in [-0.3, -0.25) is 9.69 Å². The van der Waals surface area contributed by atoms with Gasteiger partial charge in [0.2, 0.25) is 6.41 Å². The number of hydrogen-bond donors (Lipinski definition) is 0. The Morgan fingerprint density at radius 2 is 1.45 bits per heavy atom. The Hall–Kier alpha value is -1.84. The van der Waals surface area contributed by atoms with Gasteiger partial charge in [0.05, 0.1) is 6.04 Å². The van der Waals surface area contributed by atoms with E-state index in [0.717, 1.165) is 37.6 Å². The third-order valence-electron chi connectivity index (χ3n) is 4.16. The van der Waals surface area contributed by atoms with Crippen LogP contribution in [0.3, 0.4) is 0 Å². The van der Waals surface area contributed by atoms with E-state index >= 15 is 0 Å². The van der Waals surface area contributed by atoms with Crippen LogP contribution in [-0.2, 0) is 4.79 Å². The summed E-state index contributed by atoms with van der Waals surface area (Å²) in [7, 11) is 0. The zero-order valence-electron chi connectivity index (χ0n) is 12.4. The molecular weight excluding hydrogens is 296 g/mol. The second-order valence-electron chi connectivity index (χ2n) is 5.54. The number of amides is 1. The number of benzene rings is 2. The maximum atomic E-state index is 10.9. The number of carbonyl (C=O) groups excluding carboxylic acids is 1. The van der Waals surface area contributed by atoms with Crippen molar-refractivity contribution in [1.82, 2.24) is 9.80 Å². The largest absolute Gasteiger partial charge is 0.343 e. The second-order valence-corrected chi connectivity index (χ2v) is 5.98. The van der Waals surface area contributed by atoms with Gasteiger partial charge in [-0.15, -0.1) is 0 Å². The van der Waals surface area contributed by atoms with Gasteiger partial charge >= 0.3 is 0 Å². The maximum absolute atomic E-state index is 10.9. The van der Waals surface area contributed by atoms with Crippen molar-refractivity contribution in [2.75, 3.05) is 26.2 Å². The molecular formula is C18H19ClN2O. The molecule has 1 aliphatic heterocycles. The van der Waals surface area contributed by atoms with Crippen LogP contribution in [0.5, 0.6) is 0 Å². The van der Waals surface area contributed by atoms with Gasteiger partial charge in [-0.2, -0.15) is 0 Å². The van der Waals surface area contributed by atoms with Crippen molar-refractivity contribution < 1.29 is 4.79 Å². The molecule has 0 radical (unpaired) electrons. The Morgan fingerprint density at radius 3 is 2.05 bits per heavy atom. The minimum absolute atomic E-state index is 0.201. The molecule has 0 N–H and O–H groups in total. The molecule has 2 aromatic carbocycles. The Kier molecular flexibility index (Phi) is 4.76. The van der Waals surface area contributed by atoms with Gasteiger partial charge in [-0.25, -0.2) is 0 Å². The van der Waals surface area contributed by atoms with Crippen LogP contribution in [0, 0.1) is 0 Å². The molecule has 1 atom stereocenters. The van der Waals surface area contributed by atoms with E-state index in [9.17, 15) is 4.79 Å². The number of hydrogen-bond acceptors (Lipinski definition) is 2. The van der Waals surface area contributed by atoms with Crippen LogP contribution in [0.25, 0.3) is 0 Å². The van der Waals surface area contributed by atoms with Gasteiger partial charge in [-0.1, -0.05) is 54.1 Å². The van der Waals surface area contributed by atoms with E-state index in [2.05, 4.69) is 41.3 Å². The van der Waals surface area contributed by atoms with Crippen molar-refractivity contribution in [3.8, 4) is 0 Å². The fourth-order valence-electron chi connectivity index (χ4n) is 3.00. The highest BCUT2D eigenvalue weighted by Crippen LogP contribution is 2.30. The van der Waals surface area contributed by atoms with Crippen molar-refractivity contribution in [2.24, 2.45) is 0 Å². The first-order valence-corrected chi connectivity index (χ1v) is 7.89. The van der Waals surface area contributed by atoms with Gasteiger partial charge in [0.15, 0.2) is 0 Å². The van der Waals surface area contributed by atoms with E-state index in [1.165, 1.54) is 11.1 Å². The van der Waals surface area contributed by atoms with E-state index in [1.807, 2.05) is 23.1 Å². The average molecular weight is 315 g/mol. The van der Waals surface area contributed by atoms with Gasteiger partial charge in [-0.05, 0) is 23.3 Å². The number of carbonyl (C=O) groups is 1. The summed E-state index contributed by atoms with van der Waals surface area (Å²) in [6.07, 6.45) is 0.942. The second kappa shape index (κ2) is 6.95. The van der Waals surface area contributed by atoms with Crippen molar-refractivity contribution in [3.63, 3.8) is 0 Å². The Labute approximate surface area is 136 Å². The smallest absolute Gasteiger partial charge is 0.209 e. The summed E-state index contributed by atoms with van der Waals surface area (Å²) in [4.78, 5) is 15.2. The summed E-state index contributed by atoms with van der Waals surface area (Å²) >= 11 is 6.03. The van der Waals surface area contributed by atoms with Crippen LogP contribution < -0.4 is 0 Å². The molecule has 1 aliphatic rings. The van der Waals surface area contributed by atoms with Crippen molar-refractivity contribution in [1.29, 1.82) is 0 Å². The zero-order valence-corrected chi connectivity index (χ0v) is 13.1. The molecule has 1 amide bonds. The predicted octanol–water partition coefficient (Wildman–Crippen LogP) is 3.20. The average Bonchev–Trinajstić information content (AvgIpc) is 2.58. The molecule has 1 saturated heterocycles. The molecule has 1 fully saturated rings. The summed E-state index contributed by atoms with van der Waals surface area (Å²) in [6.45, 7) is 3.31. The molecule has 3 nitrogen and oxygen atoms in total. The summed E-state index contributed by atoms with van der Waals surface area (Å²) in [5.74, 6) is 0. The summed E-state index contributed by atoms with van der Waals surface area (Å²) in [6, 6.07) is 18.7. The molecule has 114 valence electrons. The first kappa shape index (κ1) is 15.1. The molecule has 2 aromatic rings. The molecule has 3 rings (SSSR count). The van der Waals surface area contributed by atoms with Crippen LogP contribution >= 0.6 is 11.6 Å². The lowest BCUT2D eigenvalue weighted by molar-refractivity contribution is -0.119.